The van der Waals surface area contributed by atoms with E-state index in [0.717, 1.165) is 25.9 Å². The van der Waals surface area contributed by atoms with Gasteiger partial charge in [-0.1, -0.05) is 0 Å². The Bertz CT molecular complexity index is 72.6. The molecule has 0 spiro atoms. The van der Waals surface area contributed by atoms with Gasteiger partial charge in [0.25, 0.3) is 0 Å². The Kier molecular flexibility index (Phi) is 1.54. The Balaban J connectivity index is 2.33. The molecule has 2 heteroatoms. The summed E-state index contributed by atoms with van der Waals surface area (Å²) < 4.78 is -0.0312. The molecular weight excluding hydrogens is 102 g/mol. The largest absolute Gasteiger partial charge is 0.633 e. The number of quaternary nitrogens is 1. The number of hydrogen-bond acceptors (Lipinski definition) is 1. The molecule has 0 aromatic heterocycles. The summed E-state index contributed by atoms with van der Waals surface area (Å²) in [6, 6.07) is 0. The number of likely N-dealkylation sites (tertiary alicyclic amines) is 1. The third-order valence-electron chi connectivity index (χ3n) is 1.61. The molecule has 1 aliphatic rings. The highest BCUT2D eigenvalue weighted by atomic mass is 16.5. The third kappa shape index (κ3) is 1.46. The normalized spacial score (nSPS) is 27.8. The molecule has 1 radical (unpaired) electrons. The van der Waals surface area contributed by atoms with Crippen molar-refractivity contribution in [2.75, 3.05) is 20.1 Å². The van der Waals surface area contributed by atoms with Crippen LogP contribution in [0.4, 0.5) is 0 Å². The van der Waals surface area contributed by atoms with Crippen molar-refractivity contribution in [2.24, 2.45) is 0 Å². The van der Waals surface area contributed by atoms with E-state index in [1.165, 1.54) is 0 Å². The Morgan fingerprint density at radius 1 is 1.38 bits per heavy atom. The second-order valence-electron chi connectivity index (χ2n) is 2.61. The first kappa shape index (κ1) is 6.05. The maximum Gasteiger partial charge on any atom is 0.0784 e. The topological polar surface area (TPSA) is 23.1 Å². The fourth-order valence-electron chi connectivity index (χ4n) is 0.985. The van der Waals surface area contributed by atoms with Crippen LogP contribution in [-0.4, -0.2) is 24.8 Å². The van der Waals surface area contributed by atoms with Crippen LogP contribution in [0.2, 0.25) is 0 Å². The van der Waals surface area contributed by atoms with Gasteiger partial charge in [0, 0.05) is 12.8 Å². The van der Waals surface area contributed by atoms with E-state index in [-0.39, 0.29) is 4.65 Å². The van der Waals surface area contributed by atoms with E-state index in [1.807, 2.05) is 0 Å². The number of piperidine rings is 1. The molecule has 1 rings (SSSR count). The molecule has 1 saturated heterocycles. The van der Waals surface area contributed by atoms with E-state index in [4.69, 9.17) is 0 Å². The molecule has 0 unspecified atom stereocenters. The fourth-order valence-corrected chi connectivity index (χ4v) is 0.985. The highest BCUT2D eigenvalue weighted by Crippen LogP contribution is 2.12. The molecule has 0 saturated carbocycles. The van der Waals surface area contributed by atoms with Crippen molar-refractivity contribution in [3.63, 3.8) is 0 Å². The smallest absolute Gasteiger partial charge is 0.0784 e. The standard InChI is InChI=1S/C6H12NO/c1-7(8)5-3-2-4-6-7/h2H,3-6H2,1H3. The lowest BCUT2D eigenvalue weighted by molar-refractivity contribution is -0.863. The minimum Gasteiger partial charge on any atom is -0.633 e. The predicted molar refractivity (Wildman–Crippen MR) is 32.8 cm³/mol. The summed E-state index contributed by atoms with van der Waals surface area (Å²) in [7, 11) is 1.74. The van der Waals surface area contributed by atoms with Crippen molar-refractivity contribution in [1.82, 2.24) is 0 Å². The van der Waals surface area contributed by atoms with Gasteiger partial charge in [0.2, 0.25) is 0 Å². The van der Waals surface area contributed by atoms with Crippen molar-refractivity contribution >= 4 is 0 Å². The molecule has 1 fully saturated rings. The number of hydrogen-bond donors (Lipinski definition) is 0. The molecule has 1 heterocycles. The van der Waals surface area contributed by atoms with Crippen LogP contribution in [0.5, 0.6) is 0 Å². The molecule has 0 bridgehead atoms. The molecule has 47 valence electrons. The minimum absolute atomic E-state index is 0.0312. The van der Waals surface area contributed by atoms with Gasteiger partial charge in [-0.15, -0.1) is 0 Å². The van der Waals surface area contributed by atoms with Crippen LogP contribution in [0.15, 0.2) is 0 Å². The van der Waals surface area contributed by atoms with Crippen LogP contribution < -0.4 is 0 Å². The average molecular weight is 114 g/mol. The van der Waals surface area contributed by atoms with Gasteiger partial charge in [0.05, 0.1) is 20.1 Å². The SMILES string of the molecule is C[N+]1([O-])CC[CH]CC1. The van der Waals surface area contributed by atoms with E-state index in [0.29, 0.717) is 0 Å². The van der Waals surface area contributed by atoms with Crippen LogP contribution in [0.25, 0.3) is 0 Å². The van der Waals surface area contributed by atoms with E-state index in [2.05, 4.69) is 6.42 Å². The summed E-state index contributed by atoms with van der Waals surface area (Å²) in [4.78, 5) is 0. The maximum atomic E-state index is 11.0. The molecule has 0 amide bonds. The first-order chi connectivity index (χ1) is 3.71. The lowest BCUT2D eigenvalue weighted by atomic mass is 10.1. The van der Waals surface area contributed by atoms with Gasteiger partial charge >= 0.3 is 0 Å². The molecule has 0 aromatic rings. The molecule has 0 N–H and O–H groups in total. The Morgan fingerprint density at radius 3 is 2.12 bits per heavy atom. The van der Waals surface area contributed by atoms with Crippen molar-refractivity contribution in [3.05, 3.63) is 11.6 Å². The third-order valence-corrected chi connectivity index (χ3v) is 1.61. The molecular formula is C6H12NO. The van der Waals surface area contributed by atoms with Crippen LogP contribution in [0.1, 0.15) is 12.8 Å². The molecule has 8 heavy (non-hydrogen) atoms. The van der Waals surface area contributed by atoms with Gasteiger partial charge in [-0.05, 0) is 6.42 Å². The summed E-state index contributed by atoms with van der Waals surface area (Å²) in [6.45, 7) is 1.56. The zero-order valence-electron chi connectivity index (χ0n) is 5.26. The highest BCUT2D eigenvalue weighted by molar-refractivity contribution is 4.68. The van der Waals surface area contributed by atoms with Gasteiger partial charge < -0.3 is 9.85 Å². The first-order valence-corrected chi connectivity index (χ1v) is 3.08. The number of hydroxylamine groups is 3. The fraction of sp³-hybridized carbons (Fsp3) is 0.833. The molecule has 0 atom stereocenters. The zero-order valence-corrected chi connectivity index (χ0v) is 5.26. The molecule has 2 nitrogen and oxygen atoms in total. The summed E-state index contributed by atoms with van der Waals surface area (Å²) in [5.41, 5.74) is 0. The highest BCUT2D eigenvalue weighted by Gasteiger charge is 2.13. The van der Waals surface area contributed by atoms with Crippen LogP contribution in [0.3, 0.4) is 0 Å². The number of rotatable bonds is 0. The van der Waals surface area contributed by atoms with Gasteiger partial charge in [-0.2, -0.15) is 0 Å². The summed E-state index contributed by atoms with van der Waals surface area (Å²) in [6.07, 6.45) is 4.19. The van der Waals surface area contributed by atoms with Crippen molar-refractivity contribution in [3.8, 4) is 0 Å². The van der Waals surface area contributed by atoms with Crippen LogP contribution in [0, 0.1) is 11.6 Å². The monoisotopic (exact) mass is 114 g/mol. The quantitative estimate of drug-likeness (QED) is 0.339. The summed E-state index contributed by atoms with van der Waals surface area (Å²) in [5.74, 6) is 0. The maximum absolute atomic E-state index is 11.0. The Labute approximate surface area is 50.3 Å². The van der Waals surface area contributed by atoms with E-state index >= 15 is 0 Å². The number of nitrogens with zero attached hydrogens (tertiary/aromatic N) is 1. The van der Waals surface area contributed by atoms with Gasteiger partial charge in [0.15, 0.2) is 0 Å². The van der Waals surface area contributed by atoms with Gasteiger partial charge in [0.1, 0.15) is 0 Å². The first-order valence-electron chi connectivity index (χ1n) is 3.08. The van der Waals surface area contributed by atoms with Crippen molar-refractivity contribution < 1.29 is 4.65 Å². The summed E-state index contributed by atoms with van der Waals surface area (Å²) in [5, 5.41) is 11.0. The molecule has 0 aliphatic carbocycles. The lowest BCUT2D eigenvalue weighted by Gasteiger charge is -2.41. The van der Waals surface area contributed by atoms with E-state index < -0.39 is 0 Å². The van der Waals surface area contributed by atoms with E-state index in [9.17, 15) is 5.21 Å². The second kappa shape index (κ2) is 2.03. The van der Waals surface area contributed by atoms with Crippen molar-refractivity contribution in [1.29, 1.82) is 0 Å². The minimum atomic E-state index is -0.0312. The van der Waals surface area contributed by atoms with Crippen LogP contribution in [-0.2, 0) is 0 Å². The van der Waals surface area contributed by atoms with Crippen molar-refractivity contribution in [2.45, 2.75) is 12.8 Å². The zero-order chi connectivity index (χ0) is 6.04. The average Bonchev–Trinajstić information content (AvgIpc) is 1.65. The van der Waals surface area contributed by atoms with Gasteiger partial charge in [-0.3, -0.25) is 0 Å². The van der Waals surface area contributed by atoms with Gasteiger partial charge in [-0.25, -0.2) is 0 Å². The molecule has 1 aliphatic heterocycles. The van der Waals surface area contributed by atoms with E-state index in [1.54, 1.807) is 7.05 Å². The lowest BCUT2D eigenvalue weighted by Crippen LogP contribution is -2.41. The second-order valence-corrected chi connectivity index (χ2v) is 2.61. The molecule has 0 aromatic carbocycles. The Morgan fingerprint density at radius 2 is 1.88 bits per heavy atom. The summed E-state index contributed by atoms with van der Waals surface area (Å²) >= 11 is 0. The predicted octanol–water partition coefficient (Wildman–Crippen LogP) is 0.929. The Hall–Kier alpha value is -0.0800. The van der Waals surface area contributed by atoms with Crippen LogP contribution >= 0.6 is 0 Å².